The number of anilines is 2. The lowest BCUT2D eigenvalue weighted by Gasteiger charge is -2.15. The van der Waals surface area contributed by atoms with Crippen molar-refractivity contribution in [1.82, 2.24) is 0 Å². The van der Waals surface area contributed by atoms with Crippen molar-refractivity contribution >= 4 is 34.8 Å². The van der Waals surface area contributed by atoms with E-state index in [9.17, 15) is 9.59 Å². The van der Waals surface area contributed by atoms with E-state index in [0.29, 0.717) is 16.4 Å². The van der Waals surface area contributed by atoms with E-state index >= 15 is 0 Å². The van der Waals surface area contributed by atoms with Crippen molar-refractivity contribution in [3.8, 4) is 0 Å². The summed E-state index contributed by atoms with van der Waals surface area (Å²) in [6, 6.07) is 12.7. The Morgan fingerprint density at radius 3 is 2.56 bits per heavy atom. The second kappa shape index (κ2) is 8.65. The van der Waals surface area contributed by atoms with E-state index in [-0.39, 0.29) is 18.4 Å². The lowest BCUT2D eigenvalue weighted by atomic mass is 10.2. The first kappa shape index (κ1) is 19.0. The molecule has 0 aliphatic heterocycles. The molecule has 132 valence electrons. The minimum Gasteiger partial charge on any atom is -0.359 e. The Hall–Kier alpha value is -2.37. The summed E-state index contributed by atoms with van der Waals surface area (Å²) in [7, 11) is 0. The van der Waals surface area contributed by atoms with E-state index in [2.05, 4.69) is 10.6 Å². The topological polar surface area (TPSA) is 67.4 Å². The van der Waals surface area contributed by atoms with Gasteiger partial charge in [0.25, 0.3) is 5.91 Å². The van der Waals surface area contributed by atoms with Crippen LogP contribution >= 0.6 is 11.6 Å². The molecule has 0 heterocycles. The highest BCUT2D eigenvalue weighted by Gasteiger charge is 2.16. The van der Waals surface area contributed by atoms with Gasteiger partial charge in [0, 0.05) is 16.4 Å². The lowest BCUT2D eigenvalue weighted by molar-refractivity contribution is -0.131. The minimum atomic E-state index is -0.776. The van der Waals surface area contributed by atoms with Gasteiger partial charge < -0.3 is 15.4 Å². The summed E-state index contributed by atoms with van der Waals surface area (Å²) in [5.74, 6) is -0.655. The van der Waals surface area contributed by atoms with Gasteiger partial charge in [-0.25, -0.2) is 0 Å². The van der Waals surface area contributed by atoms with Crippen LogP contribution in [0.5, 0.6) is 0 Å². The third-order valence-electron chi connectivity index (χ3n) is 3.66. The highest BCUT2D eigenvalue weighted by Crippen LogP contribution is 2.23. The summed E-state index contributed by atoms with van der Waals surface area (Å²) in [5, 5.41) is 6.05. The van der Waals surface area contributed by atoms with Crippen LogP contribution < -0.4 is 10.6 Å². The third-order valence-corrected chi connectivity index (χ3v) is 4.07. The maximum atomic E-state index is 12.2. The zero-order chi connectivity index (χ0) is 18.4. The van der Waals surface area contributed by atoms with Crippen molar-refractivity contribution in [3.05, 3.63) is 58.6 Å². The number of nitrogens with one attached hydrogen (secondary N) is 2. The van der Waals surface area contributed by atoms with Crippen molar-refractivity contribution < 1.29 is 14.3 Å². The highest BCUT2D eigenvalue weighted by molar-refractivity contribution is 6.31. The van der Waals surface area contributed by atoms with Gasteiger partial charge in [-0.2, -0.15) is 0 Å². The predicted octanol–water partition coefficient (Wildman–Crippen LogP) is 3.94. The Morgan fingerprint density at radius 1 is 1.12 bits per heavy atom. The molecule has 1 unspecified atom stereocenters. The second-order valence-electron chi connectivity index (χ2n) is 5.77. The average molecular weight is 361 g/mol. The van der Waals surface area contributed by atoms with Crippen molar-refractivity contribution in [2.75, 3.05) is 17.2 Å². The first-order chi connectivity index (χ1) is 11.9. The smallest absolute Gasteiger partial charge is 0.253 e. The van der Waals surface area contributed by atoms with Crippen molar-refractivity contribution in [2.24, 2.45) is 0 Å². The number of ether oxygens (including phenoxy) is 1. The molecule has 0 aromatic heterocycles. The lowest BCUT2D eigenvalue weighted by Crippen LogP contribution is -2.31. The number of aryl methyl sites for hydroxylation is 1. The molecule has 6 heteroatoms. The van der Waals surface area contributed by atoms with Gasteiger partial charge in [0.15, 0.2) is 0 Å². The summed E-state index contributed by atoms with van der Waals surface area (Å²) >= 11 is 6.03. The molecule has 0 aliphatic rings. The maximum Gasteiger partial charge on any atom is 0.253 e. The Labute approximate surface area is 152 Å². The number of benzene rings is 2. The van der Waals surface area contributed by atoms with E-state index in [0.717, 1.165) is 11.1 Å². The molecule has 0 bridgehead atoms. The monoisotopic (exact) mass is 360 g/mol. The van der Waals surface area contributed by atoms with Gasteiger partial charge in [-0.3, -0.25) is 9.59 Å². The van der Waals surface area contributed by atoms with Gasteiger partial charge in [-0.1, -0.05) is 29.8 Å². The number of amides is 2. The zero-order valence-electron chi connectivity index (χ0n) is 14.4. The fraction of sp³-hybridized carbons (Fsp3) is 0.263. The number of hydrogen-bond donors (Lipinski definition) is 2. The molecule has 0 aliphatic carbocycles. The number of carbonyl (C=O) groups is 2. The van der Waals surface area contributed by atoms with Gasteiger partial charge in [0.1, 0.15) is 12.7 Å². The molecule has 0 saturated heterocycles. The average Bonchev–Trinajstić information content (AvgIpc) is 2.56. The number of rotatable bonds is 6. The van der Waals surface area contributed by atoms with Gasteiger partial charge in [0.2, 0.25) is 5.91 Å². The molecule has 2 rings (SSSR count). The van der Waals surface area contributed by atoms with Crippen molar-refractivity contribution in [2.45, 2.75) is 26.9 Å². The molecule has 0 saturated carbocycles. The van der Waals surface area contributed by atoms with Crippen LogP contribution in [0.3, 0.4) is 0 Å². The molecule has 1 atom stereocenters. The minimum absolute atomic E-state index is 0.211. The molecule has 0 fully saturated rings. The van der Waals surface area contributed by atoms with Crippen LogP contribution in [0, 0.1) is 13.8 Å². The van der Waals surface area contributed by atoms with Crippen LogP contribution in [0.15, 0.2) is 42.5 Å². The number of hydrogen-bond acceptors (Lipinski definition) is 3. The quantitative estimate of drug-likeness (QED) is 0.819. The summed E-state index contributed by atoms with van der Waals surface area (Å²) in [6.45, 7) is 5.14. The SMILES string of the molecule is Cc1cccc(NC(=O)COC(C)C(=O)Nc2cccc(Cl)c2C)c1. The zero-order valence-corrected chi connectivity index (χ0v) is 15.2. The molecule has 25 heavy (non-hydrogen) atoms. The molecule has 2 N–H and O–H groups in total. The standard InChI is InChI=1S/C19H21ClN2O3/c1-12-6-4-7-15(10-12)21-18(23)11-25-14(3)19(24)22-17-9-5-8-16(20)13(17)2/h4-10,14H,11H2,1-3H3,(H,21,23)(H,22,24). The summed E-state index contributed by atoms with van der Waals surface area (Å²) in [4.78, 5) is 24.1. The summed E-state index contributed by atoms with van der Waals surface area (Å²) < 4.78 is 5.35. The van der Waals surface area contributed by atoms with E-state index < -0.39 is 6.10 Å². The Bertz CT molecular complexity index is 777. The Balaban J connectivity index is 1.84. The fourth-order valence-electron chi connectivity index (χ4n) is 2.17. The van der Waals surface area contributed by atoms with Crippen LogP contribution in [0.25, 0.3) is 0 Å². The van der Waals surface area contributed by atoms with Gasteiger partial charge in [0.05, 0.1) is 0 Å². The van der Waals surface area contributed by atoms with Crippen LogP contribution in [-0.2, 0) is 14.3 Å². The highest BCUT2D eigenvalue weighted by atomic mass is 35.5. The molecule has 2 aromatic carbocycles. The van der Waals surface area contributed by atoms with E-state index in [1.807, 2.05) is 32.0 Å². The van der Waals surface area contributed by atoms with Crippen LogP contribution in [-0.4, -0.2) is 24.5 Å². The van der Waals surface area contributed by atoms with E-state index in [4.69, 9.17) is 16.3 Å². The normalized spacial score (nSPS) is 11.7. The van der Waals surface area contributed by atoms with E-state index in [1.165, 1.54) is 0 Å². The molecular weight excluding hydrogens is 340 g/mol. The van der Waals surface area contributed by atoms with E-state index in [1.54, 1.807) is 31.2 Å². The fourth-order valence-corrected chi connectivity index (χ4v) is 2.35. The summed E-state index contributed by atoms with van der Waals surface area (Å²) in [5.41, 5.74) is 3.14. The van der Waals surface area contributed by atoms with Crippen molar-refractivity contribution in [3.63, 3.8) is 0 Å². The Morgan fingerprint density at radius 2 is 1.84 bits per heavy atom. The van der Waals surface area contributed by atoms with Gasteiger partial charge in [-0.05, 0) is 56.2 Å². The molecule has 0 radical (unpaired) electrons. The van der Waals surface area contributed by atoms with Crippen LogP contribution in [0.4, 0.5) is 11.4 Å². The first-order valence-electron chi connectivity index (χ1n) is 7.91. The Kier molecular flexibility index (Phi) is 6.56. The number of carbonyl (C=O) groups excluding carboxylic acids is 2. The van der Waals surface area contributed by atoms with Gasteiger partial charge >= 0.3 is 0 Å². The first-order valence-corrected chi connectivity index (χ1v) is 8.28. The third kappa shape index (κ3) is 5.59. The second-order valence-corrected chi connectivity index (χ2v) is 6.18. The molecular formula is C19H21ClN2O3. The van der Waals surface area contributed by atoms with Crippen LogP contribution in [0.2, 0.25) is 5.02 Å². The molecule has 2 amide bonds. The molecule has 0 spiro atoms. The number of halogens is 1. The summed E-state index contributed by atoms with van der Waals surface area (Å²) in [6.07, 6.45) is -0.776. The van der Waals surface area contributed by atoms with Gasteiger partial charge in [-0.15, -0.1) is 0 Å². The molecule has 2 aromatic rings. The van der Waals surface area contributed by atoms with Crippen LogP contribution in [0.1, 0.15) is 18.1 Å². The molecule has 5 nitrogen and oxygen atoms in total. The largest absolute Gasteiger partial charge is 0.359 e. The predicted molar refractivity (Wildman–Crippen MR) is 100 cm³/mol. The van der Waals surface area contributed by atoms with Crippen molar-refractivity contribution in [1.29, 1.82) is 0 Å². The maximum absolute atomic E-state index is 12.2.